The van der Waals surface area contributed by atoms with Gasteiger partial charge in [-0.3, -0.25) is 9.36 Å². The second kappa shape index (κ2) is 8.57. The number of anilines is 2. The van der Waals surface area contributed by atoms with Crippen molar-refractivity contribution in [3.63, 3.8) is 0 Å². The maximum absolute atomic E-state index is 13.6. The molecule has 2 heterocycles. The summed E-state index contributed by atoms with van der Waals surface area (Å²) in [6, 6.07) is 12.1. The molecular weight excluding hydrogens is 446 g/mol. The van der Waals surface area contributed by atoms with E-state index < -0.39 is 17.6 Å². The molecule has 0 aliphatic carbocycles. The molecule has 10 nitrogen and oxygen atoms in total. The minimum absolute atomic E-state index is 0.000517. The molecule has 0 amide bonds. The molecule has 0 saturated heterocycles. The predicted molar refractivity (Wildman–Crippen MR) is 123 cm³/mol. The highest BCUT2D eigenvalue weighted by atomic mass is 35.5. The Hall–Kier alpha value is -4.49. The van der Waals surface area contributed by atoms with Crippen LogP contribution in [0.15, 0.2) is 53.5 Å². The first-order valence-corrected chi connectivity index (χ1v) is 10.0. The van der Waals surface area contributed by atoms with Crippen LogP contribution in [-0.2, 0) is 0 Å². The van der Waals surface area contributed by atoms with Crippen LogP contribution >= 0.6 is 11.6 Å². The molecular formula is C22H16ClN7O3. The summed E-state index contributed by atoms with van der Waals surface area (Å²) in [5.74, 6) is -0.754. The Balaban J connectivity index is 1.96. The van der Waals surface area contributed by atoms with Gasteiger partial charge in [0.05, 0.1) is 39.4 Å². The quantitative estimate of drug-likeness (QED) is 0.405. The topological polar surface area (TPSA) is 160 Å². The van der Waals surface area contributed by atoms with Gasteiger partial charge in [-0.1, -0.05) is 23.7 Å². The van der Waals surface area contributed by atoms with Gasteiger partial charge in [-0.25, -0.2) is 14.8 Å². The number of nitrogens with two attached hydrogens (primary N) is 1. The molecule has 4 rings (SSSR count). The standard InChI is InChI=1S/C22H16ClN7O3/c1-11(27-18-13(9-24)10-26-22(25)29-18)19-28-16-7-3-6-15(23)17(16)20(31)30(19)14-5-2-4-12(8-14)21(32)33/h2-8,10-11H,1H3,(H,32,33)(H3,25,26,27,29)/t11-/m0/s1. The van der Waals surface area contributed by atoms with Gasteiger partial charge in [-0.2, -0.15) is 10.2 Å². The van der Waals surface area contributed by atoms with Gasteiger partial charge < -0.3 is 16.2 Å². The van der Waals surface area contributed by atoms with Crippen LogP contribution in [0.4, 0.5) is 11.8 Å². The lowest BCUT2D eigenvalue weighted by molar-refractivity contribution is 0.0697. The highest BCUT2D eigenvalue weighted by molar-refractivity contribution is 6.35. The SMILES string of the molecule is C[C@H](Nc1nc(N)ncc1C#N)c1nc2cccc(Cl)c2c(=O)n1-c1cccc(C(=O)O)c1. The maximum atomic E-state index is 13.6. The second-order valence-electron chi connectivity index (χ2n) is 7.07. The summed E-state index contributed by atoms with van der Waals surface area (Å²) in [6.07, 6.45) is 1.29. The zero-order valence-electron chi connectivity index (χ0n) is 17.2. The summed E-state index contributed by atoms with van der Waals surface area (Å²) < 4.78 is 1.29. The molecule has 2 aromatic carbocycles. The summed E-state index contributed by atoms with van der Waals surface area (Å²) in [5, 5.41) is 22.2. The second-order valence-corrected chi connectivity index (χ2v) is 7.48. The maximum Gasteiger partial charge on any atom is 0.335 e. The average molecular weight is 462 g/mol. The normalized spacial score (nSPS) is 11.7. The lowest BCUT2D eigenvalue weighted by Gasteiger charge is -2.21. The number of benzene rings is 2. The van der Waals surface area contributed by atoms with E-state index in [-0.39, 0.29) is 39.1 Å². The van der Waals surface area contributed by atoms with Crippen molar-refractivity contribution in [1.82, 2.24) is 19.5 Å². The number of nitrogens with zero attached hydrogens (tertiary/aromatic N) is 5. The summed E-state index contributed by atoms with van der Waals surface area (Å²) >= 11 is 6.29. The van der Waals surface area contributed by atoms with Gasteiger partial charge in [-0.15, -0.1) is 0 Å². The van der Waals surface area contributed by atoms with Gasteiger partial charge in [0.25, 0.3) is 5.56 Å². The number of carboxylic acid groups (broad SMARTS) is 1. The highest BCUT2D eigenvalue weighted by Gasteiger charge is 2.21. The van der Waals surface area contributed by atoms with Crippen molar-refractivity contribution in [3.05, 3.63) is 81.0 Å². The largest absolute Gasteiger partial charge is 0.478 e. The zero-order chi connectivity index (χ0) is 23.7. The van der Waals surface area contributed by atoms with Crippen LogP contribution in [0.1, 0.15) is 34.7 Å². The highest BCUT2D eigenvalue weighted by Crippen LogP contribution is 2.25. The summed E-state index contributed by atoms with van der Waals surface area (Å²) in [4.78, 5) is 37.6. The van der Waals surface area contributed by atoms with E-state index in [0.29, 0.717) is 11.2 Å². The number of carbonyl (C=O) groups is 1. The molecule has 11 heteroatoms. The minimum Gasteiger partial charge on any atom is -0.478 e. The molecule has 0 spiro atoms. The van der Waals surface area contributed by atoms with Gasteiger partial charge in [0.2, 0.25) is 5.95 Å². The molecule has 2 aromatic heterocycles. The van der Waals surface area contributed by atoms with E-state index in [1.165, 1.54) is 29.0 Å². The summed E-state index contributed by atoms with van der Waals surface area (Å²) in [5.41, 5.74) is 6.00. The smallest absolute Gasteiger partial charge is 0.335 e. The number of aromatic nitrogens is 4. The van der Waals surface area contributed by atoms with Crippen molar-refractivity contribution in [2.45, 2.75) is 13.0 Å². The lowest BCUT2D eigenvalue weighted by atomic mass is 10.1. The average Bonchev–Trinajstić information content (AvgIpc) is 2.79. The third-order valence-electron chi connectivity index (χ3n) is 4.89. The van der Waals surface area contributed by atoms with Crippen molar-refractivity contribution in [1.29, 1.82) is 5.26 Å². The zero-order valence-corrected chi connectivity index (χ0v) is 17.9. The molecule has 164 valence electrons. The Morgan fingerprint density at radius 3 is 2.76 bits per heavy atom. The number of fused-ring (bicyclic) bond motifs is 1. The number of hydrogen-bond acceptors (Lipinski definition) is 8. The fraction of sp³-hybridized carbons (Fsp3) is 0.0909. The molecule has 0 aliphatic heterocycles. The number of rotatable bonds is 5. The van der Waals surface area contributed by atoms with Crippen molar-refractivity contribution in [2.24, 2.45) is 0 Å². The van der Waals surface area contributed by atoms with E-state index in [1.807, 2.05) is 6.07 Å². The van der Waals surface area contributed by atoms with Crippen LogP contribution in [0.5, 0.6) is 0 Å². The molecule has 4 aromatic rings. The Bertz CT molecular complexity index is 1510. The number of nitrogens with one attached hydrogen (secondary N) is 1. The molecule has 0 saturated carbocycles. The number of nitriles is 1. The number of aromatic carboxylic acids is 1. The van der Waals surface area contributed by atoms with Crippen LogP contribution in [0, 0.1) is 11.3 Å². The third-order valence-corrected chi connectivity index (χ3v) is 5.21. The number of halogens is 1. The molecule has 0 aliphatic rings. The molecule has 0 bridgehead atoms. The van der Waals surface area contributed by atoms with Gasteiger partial charge in [0, 0.05) is 0 Å². The summed E-state index contributed by atoms with van der Waals surface area (Å²) in [7, 11) is 0. The Kier molecular flexibility index (Phi) is 5.64. The van der Waals surface area contributed by atoms with Crippen molar-refractivity contribution in [3.8, 4) is 11.8 Å². The first-order valence-electron chi connectivity index (χ1n) is 9.64. The van der Waals surface area contributed by atoms with E-state index >= 15 is 0 Å². The first kappa shape index (κ1) is 21.7. The van der Waals surface area contributed by atoms with E-state index in [2.05, 4.69) is 20.3 Å². The van der Waals surface area contributed by atoms with Crippen LogP contribution in [0.25, 0.3) is 16.6 Å². The number of carboxylic acids is 1. The van der Waals surface area contributed by atoms with Crippen molar-refractivity contribution in [2.75, 3.05) is 11.1 Å². The van der Waals surface area contributed by atoms with E-state index in [0.717, 1.165) is 0 Å². The van der Waals surface area contributed by atoms with Crippen molar-refractivity contribution >= 4 is 40.2 Å². The molecule has 4 N–H and O–H groups in total. The van der Waals surface area contributed by atoms with Crippen molar-refractivity contribution < 1.29 is 9.90 Å². The fourth-order valence-corrected chi connectivity index (χ4v) is 3.63. The molecule has 0 fully saturated rings. The number of nitrogen functional groups attached to an aromatic ring is 1. The van der Waals surface area contributed by atoms with Crippen LogP contribution in [-0.4, -0.2) is 30.6 Å². The summed E-state index contributed by atoms with van der Waals surface area (Å²) in [6.45, 7) is 1.72. The van der Waals surface area contributed by atoms with Gasteiger partial charge in [0.1, 0.15) is 23.3 Å². The van der Waals surface area contributed by atoms with Crippen LogP contribution in [0.2, 0.25) is 5.02 Å². The van der Waals surface area contributed by atoms with E-state index in [4.69, 9.17) is 17.3 Å². The first-order chi connectivity index (χ1) is 15.8. The van der Waals surface area contributed by atoms with Gasteiger partial charge >= 0.3 is 5.97 Å². The molecule has 0 unspecified atom stereocenters. The molecule has 1 atom stereocenters. The monoisotopic (exact) mass is 461 g/mol. The van der Waals surface area contributed by atoms with E-state index in [9.17, 15) is 20.0 Å². The molecule has 0 radical (unpaired) electrons. The van der Waals surface area contributed by atoms with Gasteiger partial charge in [0.15, 0.2) is 0 Å². The molecule has 33 heavy (non-hydrogen) atoms. The third kappa shape index (κ3) is 4.05. The Morgan fingerprint density at radius 1 is 1.27 bits per heavy atom. The Labute approximate surface area is 191 Å². The lowest BCUT2D eigenvalue weighted by Crippen LogP contribution is -2.28. The van der Waals surface area contributed by atoms with E-state index in [1.54, 1.807) is 31.2 Å². The predicted octanol–water partition coefficient (Wildman–Crippen LogP) is 3.15. The van der Waals surface area contributed by atoms with Crippen LogP contribution < -0.4 is 16.6 Å². The number of hydrogen-bond donors (Lipinski definition) is 3. The fourth-order valence-electron chi connectivity index (χ4n) is 3.38. The Morgan fingerprint density at radius 2 is 2.03 bits per heavy atom. The van der Waals surface area contributed by atoms with Gasteiger partial charge in [-0.05, 0) is 37.3 Å². The minimum atomic E-state index is -1.14. The van der Waals surface area contributed by atoms with Crippen LogP contribution in [0.3, 0.4) is 0 Å².